The zero-order chi connectivity index (χ0) is 8.54. The molecule has 0 amide bonds. The lowest BCUT2D eigenvalue weighted by Crippen LogP contribution is -2.10. The molecule has 1 aliphatic carbocycles. The minimum atomic E-state index is 0.617. The first-order chi connectivity index (χ1) is 5.08. The largest absolute Gasteiger partial charge is 0.0922 e. The first kappa shape index (κ1) is 9.57. The van der Waals surface area contributed by atoms with Crippen molar-refractivity contribution in [3.63, 3.8) is 0 Å². The lowest BCUT2D eigenvalue weighted by Gasteiger charge is -2.16. The lowest BCUT2D eigenvalue weighted by atomic mass is 9.92. The van der Waals surface area contributed by atoms with Gasteiger partial charge in [-0.25, -0.2) is 0 Å². The van der Waals surface area contributed by atoms with Crippen LogP contribution >= 0.6 is 15.9 Å². The molecular weight excluding hydrogens is 200 g/mol. The van der Waals surface area contributed by atoms with Crippen molar-refractivity contribution in [2.24, 2.45) is 10.8 Å². The third-order valence-electron chi connectivity index (χ3n) is 3.36. The summed E-state index contributed by atoms with van der Waals surface area (Å²) in [5.41, 5.74) is 1.27. The van der Waals surface area contributed by atoms with Crippen molar-refractivity contribution in [3.8, 4) is 0 Å². The second-order valence-corrected chi connectivity index (χ2v) is 5.14. The van der Waals surface area contributed by atoms with Gasteiger partial charge in [0.05, 0.1) is 0 Å². The molecule has 0 aromatic heterocycles. The Bertz CT molecular complexity index is 140. The fourth-order valence-electron chi connectivity index (χ4n) is 2.04. The number of hydrogen-bond donors (Lipinski definition) is 0. The highest BCUT2D eigenvalue weighted by atomic mass is 79.9. The third-order valence-corrected chi connectivity index (χ3v) is 4.43. The smallest absolute Gasteiger partial charge is 0.00932 e. The highest BCUT2D eigenvalue weighted by Crippen LogP contribution is 2.66. The van der Waals surface area contributed by atoms with Gasteiger partial charge in [0.25, 0.3) is 0 Å². The Morgan fingerprint density at radius 2 is 1.91 bits per heavy atom. The van der Waals surface area contributed by atoms with Crippen molar-refractivity contribution in [2.45, 2.75) is 46.5 Å². The van der Waals surface area contributed by atoms with E-state index < -0.39 is 0 Å². The molecule has 1 unspecified atom stereocenters. The summed E-state index contributed by atoms with van der Waals surface area (Å²) in [6.45, 7) is 7.06. The summed E-state index contributed by atoms with van der Waals surface area (Å²) >= 11 is 3.64. The van der Waals surface area contributed by atoms with Crippen LogP contribution in [0.2, 0.25) is 0 Å². The fraction of sp³-hybridized carbons (Fsp3) is 1.00. The highest BCUT2D eigenvalue weighted by Gasteiger charge is 2.58. The molecule has 0 aliphatic heterocycles. The molecule has 11 heavy (non-hydrogen) atoms. The molecule has 0 radical (unpaired) electrons. The minimum absolute atomic E-state index is 0.617. The Morgan fingerprint density at radius 1 is 1.36 bits per heavy atom. The number of unbranched alkanes of at least 4 members (excludes halogenated alkanes) is 1. The van der Waals surface area contributed by atoms with Crippen LogP contribution in [0.5, 0.6) is 0 Å². The molecule has 0 aromatic rings. The Labute approximate surface area is 78.9 Å². The predicted octanol–water partition coefficient (Wildman–Crippen LogP) is 3.99. The van der Waals surface area contributed by atoms with E-state index in [0.29, 0.717) is 10.8 Å². The van der Waals surface area contributed by atoms with Crippen molar-refractivity contribution in [3.05, 3.63) is 0 Å². The summed E-state index contributed by atoms with van der Waals surface area (Å²) in [6.07, 6.45) is 5.58. The number of hydrogen-bond acceptors (Lipinski definition) is 0. The molecule has 1 saturated carbocycles. The maximum Gasteiger partial charge on any atom is 0.00932 e. The molecular formula is C10H19Br. The first-order valence-electron chi connectivity index (χ1n) is 4.64. The lowest BCUT2D eigenvalue weighted by molar-refractivity contribution is 0.387. The molecule has 0 aromatic carbocycles. The average molecular weight is 219 g/mol. The van der Waals surface area contributed by atoms with Crippen LogP contribution < -0.4 is 0 Å². The average Bonchev–Trinajstić information content (AvgIpc) is 2.50. The van der Waals surface area contributed by atoms with Crippen LogP contribution in [0.25, 0.3) is 0 Å². The molecule has 1 heteroatoms. The van der Waals surface area contributed by atoms with E-state index in [1.807, 2.05) is 0 Å². The summed E-state index contributed by atoms with van der Waals surface area (Å²) in [5, 5.41) is 1.20. The molecule has 0 spiro atoms. The Balaban J connectivity index is 2.40. The first-order valence-corrected chi connectivity index (χ1v) is 5.76. The quantitative estimate of drug-likeness (QED) is 0.627. The molecule has 1 atom stereocenters. The monoisotopic (exact) mass is 218 g/mol. The summed E-state index contributed by atoms with van der Waals surface area (Å²) < 4.78 is 0. The second-order valence-electron chi connectivity index (χ2n) is 4.58. The zero-order valence-electron chi connectivity index (χ0n) is 7.91. The van der Waals surface area contributed by atoms with Gasteiger partial charge in [-0.05, 0) is 23.7 Å². The summed E-state index contributed by atoms with van der Waals surface area (Å²) in [6, 6.07) is 0. The van der Waals surface area contributed by atoms with Crippen LogP contribution in [-0.4, -0.2) is 5.33 Å². The van der Waals surface area contributed by atoms with Crippen LogP contribution in [-0.2, 0) is 0 Å². The molecule has 0 bridgehead atoms. The molecule has 0 N–H and O–H groups in total. The van der Waals surface area contributed by atoms with Crippen LogP contribution in [0.4, 0.5) is 0 Å². The van der Waals surface area contributed by atoms with Crippen molar-refractivity contribution in [2.75, 3.05) is 5.33 Å². The molecule has 1 fully saturated rings. The summed E-state index contributed by atoms with van der Waals surface area (Å²) in [4.78, 5) is 0. The molecule has 0 nitrogen and oxygen atoms in total. The Hall–Kier alpha value is 0.480. The third kappa shape index (κ3) is 1.63. The van der Waals surface area contributed by atoms with E-state index in [9.17, 15) is 0 Å². The van der Waals surface area contributed by atoms with Gasteiger partial charge in [0, 0.05) is 5.33 Å². The van der Waals surface area contributed by atoms with Crippen LogP contribution in [0.3, 0.4) is 0 Å². The predicted molar refractivity (Wildman–Crippen MR) is 54.2 cm³/mol. The maximum absolute atomic E-state index is 3.64. The van der Waals surface area contributed by atoms with Gasteiger partial charge in [-0.15, -0.1) is 0 Å². The van der Waals surface area contributed by atoms with E-state index in [1.54, 1.807) is 0 Å². The van der Waals surface area contributed by atoms with Gasteiger partial charge in [0.15, 0.2) is 0 Å². The number of halogens is 1. The number of rotatable bonds is 4. The topological polar surface area (TPSA) is 0 Å². The van der Waals surface area contributed by atoms with Gasteiger partial charge in [-0.3, -0.25) is 0 Å². The Kier molecular flexibility index (Phi) is 2.68. The van der Waals surface area contributed by atoms with Gasteiger partial charge < -0.3 is 0 Å². The van der Waals surface area contributed by atoms with Gasteiger partial charge in [-0.1, -0.05) is 49.5 Å². The highest BCUT2D eigenvalue weighted by molar-refractivity contribution is 9.09. The second kappa shape index (κ2) is 3.08. The number of alkyl halides is 1. The van der Waals surface area contributed by atoms with Gasteiger partial charge in [0.2, 0.25) is 0 Å². The normalized spacial score (nSPS) is 33.8. The van der Waals surface area contributed by atoms with Crippen molar-refractivity contribution in [1.82, 2.24) is 0 Å². The fourth-order valence-corrected chi connectivity index (χ4v) is 3.28. The molecule has 0 heterocycles. The zero-order valence-corrected chi connectivity index (χ0v) is 9.50. The molecule has 1 rings (SSSR count). The van der Waals surface area contributed by atoms with Crippen LogP contribution in [0, 0.1) is 10.8 Å². The van der Waals surface area contributed by atoms with Gasteiger partial charge >= 0.3 is 0 Å². The molecule has 0 saturated heterocycles. The van der Waals surface area contributed by atoms with E-state index >= 15 is 0 Å². The van der Waals surface area contributed by atoms with Crippen LogP contribution in [0.15, 0.2) is 0 Å². The van der Waals surface area contributed by atoms with Crippen molar-refractivity contribution < 1.29 is 0 Å². The van der Waals surface area contributed by atoms with E-state index in [-0.39, 0.29) is 0 Å². The van der Waals surface area contributed by atoms with E-state index in [0.717, 1.165) is 0 Å². The Morgan fingerprint density at radius 3 is 2.18 bits per heavy atom. The summed E-state index contributed by atoms with van der Waals surface area (Å²) in [7, 11) is 0. The minimum Gasteiger partial charge on any atom is -0.0922 e. The van der Waals surface area contributed by atoms with Crippen LogP contribution in [0.1, 0.15) is 46.5 Å². The molecule has 66 valence electrons. The van der Waals surface area contributed by atoms with Gasteiger partial charge in [-0.2, -0.15) is 0 Å². The van der Waals surface area contributed by atoms with Gasteiger partial charge in [0.1, 0.15) is 0 Å². The van der Waals surface area contributed by atoms with Crippen molar-refractivity contribution in [1.29, 1.82) is 0 Å². The van der Waals surface area contributed by atoms with E-state index in [2.05, 4.69) is 36.7 Å². The van der Waals surface area contributed by atoms with Crippen molar-refractivity contribution >= 4 is 15.9 Å². The van der Waals surface area contributed by atoms with E-state index in [4.69, 9.17) is 0 Å². The standard InChI is InChI=1S/C10H19Br/c1-4-5-6-10(8-11)7-9(10,2)3/h4-8H2,1-3H3. The summed E-state index contributed by atoms with van der Waals surface area (Å²) in [5.74, 6) is 0. The molecule has 1 aliphatic rings. The van der Waals surface area contributed by atoms with E-state index in [1.165, 1.54) is 31.0 Å². The maximum atomic E-state index is 3.64. The SMILES string of the molecule is CCCCC1(CBr)CC1(C)C.